The maximum Gasteiger partial charge on any atom is 0.308 e. The van der Waals surface area contributed by atoms with Crippen LogP contribution < -0.4 is 10.9 Å². The van der Waals surface area contributed by atoms with Crippen molar-refractivity contribution in [2.75, 3.05) is 19.8 Å². The van der Waals surface area contributed by atoms with Crippen LogP contribution in [-0.4, -0.2) is 41.1 Å². The number of hydrogen-bond donors (Lipinski definition) is 4. The molecule has 1 aromatic carbocycles. The van der Waals surface area contributed by atoms with Gasteiger partial charge in [-0.25, -0.2) is 0 Å². The average Bonchev–Trinajstić information content (AvgIpc) is 2.32. The van der Waals surface area contributed by atoms with Crippen LogP contribution in [0.5, 0.6) is 5.75 Å². The molecule has 6 nitrogen and oxygen atoms in total. The van der Waals surface area contributed by atoms with Gasteiger partial charge in [0.1, 0.15) is 5.75 Å². The van der Waals surface area contributed by atoms with E-state index in [1.165, 1.54) is 6.92 Å². The molecular formula is C14H29HgNO5. The Kier molecular flexibility index (Phi) is 49.0. The third kappa shape index (κ3) is 45.2. The minimum atomic E-state index is -0.286. The van der Waals surface area contributed by atoms with E-state index in [1.54, 1.807) is 32.9 Å². The second-order valence-corrected chi connectivity index (χ2v) is 2.86. The predicted octanol–water partition coefficient (Wildman–Crippen LogP) is 1.77. The Hall–Kier alpha value is -0.535. The molecule has 6 N–H and O–H groups in total. The largest absolute Gasteiger partial charge is 0.427 e. The Bertz CT molecular complexity index is 269. The van der Waals surface area contributed by atoms with Crippen LogP contribution in [0.1, 0.15) is 27.7 Å². The first-order valence-corrected chi connectivity index (χ1v) is 6.09. The van der Waals surface area contributed by atoms with E-state index in [0.29, 0.717) is 5.75 Å². The van der Waals surface area contributed by atoms with E-state index in [0.717, 1.165) is 0 Å². The molecule has 0 aliphatic rings. The Morgan fingerprint density at radius 1 is 0.952 bits per heavy atom. The van der Waals surface area contributed by atoms with E-state index in [9.17, 15) is 4.79 Å². The molecular weight excluding hydrogens is 463 g/mol. The molecule has 122 valence electrons. The smallest absolute Gasteiger partial charge is 0.308 e. The third-order valence-electron chi connectivity index (χ3n) is 1.00. The van der Waals surface area contributed by atoms with E-state index in [2.05, 4.69) is 0 Å². The summed E-state index contributed by atoms with van der Waals surface area (Å²) in [4.78, 5) is 10.4. The molecule has 0 atom stereocenters. The summed E-state index contributed by atoms with van der Waals surface area (Å²) in [7, 11) is 0. The maximum absolute atomic E-state index is 10.4. The van der Waals surface area contributed by atoms with Gasteiger partial charge < -0.3 is 26.2 Å². The monoisotopic (exact) mass is 493 g/mol. The van der Waals surface area contributed by atoms with Crippen molar-refractivity contribution in [3.63, 3.8) is 0 Å². The fraction of sp³-hybridized carbons (Fsp3) is 0.500. The molecule has 1 aromatic rings. The molecule has 7 heteroatoms. The van der Waals surface area contributed by atoms with Crippen LogP contribution in [0.25, 0.3) is 0 Å². The van der Waals surface area contributed by atoms with Crippen molar-refractivity contribution >= 4 is 5.97 Å². The van der Waals surface area contributed by atoms with Gasteiger partial charge in [0, 0.05) is 54.4 Å². The van der Waals surface area contributed by atoms with E-state index < -0.39 is 0 Å². The number of ether oxygens (including phenoxy) is 1. The summed E-state index contributed by atoms with van der Waals surface area (Å²) in [5, 5.41) is 22.7. The molecule has 0 saturated carbocycles. The molecule has 0 aliphatic carbocycles. The molecule has 0 radical (unpaired) electrons. The topological polar surface area (TPSA) is 122 Å². The van der Waals surface area contributed by atoms with Gasteiger partial charge >= 0.3 is 5.97 Å². The SMILES string of the molecule is CC(=O)Oc1ccccc1.CCO.CCO.CCO.N.[Hg]. The number of esters is 1. The second-order valence-electron chi connectivity index (χ2n) is 2.86. The standard InChI is InChI=1S/C8H8O2.3C2H6O.Hg.H3N/c1-7(9)10-8-5-3-2-4-6-8;3*1-2-3;;/h2-6H,1H3;3*3H,2H2,1H3;;1H3. The van der Waals surface area contributed by atoms with Gasteiger partial charge in [0.05, 0.1) is 0 Å². The molecule has 0 bridgehead atoms. The van der Waals surface area contributed by atoms with Crippen molar-refractivity contribution in [2.24, 2.45) is 0 Å². The number of carbonyl (C=O) groups is 1. The van der Waals surface area contributed by atoms with E-state index >= 15 is 0 Å². The molecule has 1 rings (SSSR count). The second kappa shape index (κ2) is 31.7. The van der Waals surface area contributed by atoms with Crippen molar-refractivity contribution in [3.8, 4) is 5.75 Å². The number of aliphatic hydroxyl groups is 3. The predicted molar refractivity (Wildman–Crippen MR) is 81.1 cm³/mol. The van der Waals surface area contributed by atoms with E-state index in [-0.39, 0.29) is 59.6 Å². The van der Waals surface area contributed by atoms with Crippen LogP contribution >= 0.6 is 0 Å². The van der Waals surface area contributed by atoms with Crippen molar-refractivity contribution in [2.45, 2.75) is 27.7 Å². The zero-order valence-corrected chi connectivity index (χ0v) is 19.1. The molecule has 0 aliphatic heterocycles. The first-order chi connectivity index (χ1) is 9.03. The molecule has 0 amide bonds. The molecule has 0 aromatic heterocycles. The van der Waals surface area contributed by atoms with Crippen LogP contribution in [0.4, 0.5) is 0 Å². The fourth-order valence-electron chi connectivity index (χ4n) is 0.655. The Balaban J connectivity index is -0.0000000663. The number of benzene rings is 1. The first-order valence-electron chi connectivity index (χ1n) is 6.09. The van der Waals surface area contributed by atoms with Gasteiger partial charge in [0.15, 0.2) is 0 Å². The molecule has 0 fully saturated rings. The third-order valence-corrected chi connectivity index (χ3v) is 1.00. The number of hydrogen-bond acceptors (Lipinski definition) is 6. The van der Waals surface area contributed by atoms with Crippen LogP contribution in [0.2, 0.25) is 0 Å². The minimum Gasteiger partial charge on any atom is -0.427 e. The summed E-state index contributed by atoms with van der Waals surface area (Å²) in [6, 6.07) is 8.98. The summed E-state index contributed by atoms with van der Waals surface area (Å²) in [5.74, 6) is 0.307. The van der Waals surface area contributed by atoms with Crippen LogP contribution in [0, 0.1) is 0 Å². The summed E-state index contributed by atoms with van der Waals surface area (Å²) in [5.41, 5.74) is 0. The van der Waals surface area contributed by atoms with Crippen LogP contribution in [0.3, 0.4) is 0 Å². The van der Waals surface area contributed by atoms with Gasteiger partial charge in [-0.05, 0) is 32.9 Å². The summed E-state index contributed by atoms with van der Waals surface area (Å²) >= 11 is 0. The zero-order chi connectivity index (χ0) is 15.5. The number of rotatable bonds is 1. The van der Waals surface area contributed by atoms with Crippen molar-refractivity contribution < 1.29 is 52.5 Å². The summed E-state index contributed by atoms with van der Waals surface area (Å²) in [6.07, 6.45) is 0. The molecule has 21 heavy (non-hydrogen) atoms. The van der Waals surface area contributed by atoms with Crippen LogP contribution in [0.15, 0.2) is 30.3 Å². The first kappa shape index (κ1) is 32.4. The Morgan fingerprint density at radius 2 is 1.24 bits per heavy atom. The minimum absolute atomic E-state index is 0. The fourth-order valence-corrected chi connectivity index (χ4v) is 0.655. The number of aliphatic hydroxyl groups excluding tert-OH is 3. The van der Waals surface area contributed by atoms with Crippen molar-refractivity contribution in [3.05, 3.63) is 30.3 Å². The normalized spacial score (nSPS) is 6.81. The van der Waals surface area contributed by atoms with Crippen molar-refractivity contribution in [1.82, 2.24) is 6.15 Å². The van der Waals surface area contributed by atoms with Gasteiger partial charge in [-0.3, -0.25) is 4.79 Å². The number of para-hydroxylation sites is 1. The van der Waals surface area contributed by atoms with Crippen LogP contribution in [-0.2, 0) is 32.5 Å². The van der Waals surface area contributed by atoms with Gasteiger partial charge in [0.25, 0.3) is 0 Å². The Morgan fingerprint density at radius 3 is 1.48 bits per heavy atom. The van der Waals surface area contributed by atoms with E-state index in [4.69, 9.17) is 20.1 Å². The molecule has 0 spiro atoms. The van der Waals surface area contributed by atoms with Gasteiger partial charge in [0.2, 0.25) is 0 Å². The number of carbonyl (C=O) groups excluding carboxylic acids is 1. The molecule has 0 heterocycles. The van der Waals surface area contributed by atoms with Gasteiger partial charge in [-0.1, -0.05) is 18.2 Å². The summed E-state index contributed by atoms with van der Waals surface area (Å²) in [6.45, 7) is 7.17. The molecule has 0 unspecified atom stereocenters. The maximum atomic E-state index is 10.4. The summed E-state index contributed by atoms with van der Waals surface area (Å²) < 4.78 is 4.78. The van der Waals surface area contributed by atoms with E-state index in [1.807, 2.05) is 18.2 Å². The molecule has 0 saturated heterocycles. The van der Waals surface area contributed by atoms with Gasteiger partial charge in [-0.2, -0.15) is 0 Å². The van der Waals surface area contributed by atoms with Gasteiger partial charge in [-0.15, -0.1) is 0 Å². The van der Waals surface area contributed by atoms with Crippen molar-refractivity contribution in [1.29, 1.82) is 0 Å². The Labute approximate surface area is 148 Å². The quantitative estimate of drug-likeness (QED) is 0.270. The average molecular weight is 492 g/mol. The zero-order valence-electron chi connectivity index (χ0n) is 13.6.